The SMILES string of the molecule is CC1(C)OB(C(=Cc2cc(Cl)ccc2Cl)CNC(=O)OCC2c3ccccc3-c3ccccc32)OC1(C)C. The van der Waals surface area contributed by atoms with Crippen LogP contribution >= 0.6 is 23.2 Å². The van der Waals surface area contributed by atoms with Crippen molar-refractivity contribution < 1.29 is 18.8 Å². The standard InChI is InChI=1S/C30H30BCl2NO4/c1-29(2)30(3,4)38-31(37-29)20(15-19-16-21(32)13-14-27(19)33)17-34-28(35)36-18-26-24-11-7-5-9-22(24)23-10-6-8-12-25(23)26/h5-16,26H,17-18H2,1-4H3,(H,34,35). The van der Waals surface area contributed by atoms with E-state index >= 15 is 0 Å². The van der Waals surface area contributed by atoms with Crippen molar-refractivity contribution in [2.75, 3.05) is 13.2 Å². The Morgan fingerprint density at radius 1 is 0.947 bits per heavy atom. The average Bonchev–Trinajstić information content (AvgIpc) is 3.31. The molecule has 2 aliphatic rings. The second-order valence-corrected chi connectivity index (χ2v) is 11.5. The number of hydrogen-bond donors (Lipinski definition) is 1. The summed E-state index contributed by atoms with van der Waals surface area (Å²) in [6, 6.07) is 21.7. The largest absolute Gasteiger partial charge is 0.492 e. The summed E-state index contributed by atoms with van der Waals surface area (Å²) in [5.74, 6) is -0.0171. The van der Waals surface area contributed by atoms with Gasteiger partial charge in [0, 0.05) is 22.5 Å². The molecule has 0 unspecified atom stereocenters. The molecule has 1 aliphatic heterocycles. The smallest absolute Gasteiger partial charge is 0.449 e. The Kier molecular flexibility index (Phi) is 7.36. The van der Waals surface area contributed by atoms with Crippen LogP contribution < -0.4 is 5.32 Å². The van der Waals surface area contributed by atoms with Crippen LogP contribution in [0.2, 0.25) is 10.0 Å². The monoisotopic (exact) mass is 549 g/mol. The van der Waals surface area contributed by atoms with Crippen LogP contribution in [-0.4, -0.2) is 37.6 Å². The topological polar surface area (TPSA) is 56.8 Å². The van der Waals surface area contributed by atoms with E-state index in [0.29, 0.717) is 21.1 Å². The lowest BCUT2D eigenvalue weighted by Gasteiger charge is -2.32. The Labute approximate surface area is 234 Å². The van der Waals surface area contributed by atoms with Gasteiger partial charge in [0.05, 0.1) is 11.2 Å². The van der Waals surface area contributed by atoms with Crippen LogP contribution in [0.1, 0.15) is 50.3 Å². The lowest BCUT2D eigenvalue weighted by molar-refractivity contribution is 0.00578. The molecule has 1 aliphatic carbocycles. The van der Waals surface area contributed by atoms with Crippen LogP contribution in [0.15, 0.2) is 72.2 Å². The molecule has 5 nitrogen and oxygen atoms in total. The van der Waals surface area contributed by atoms with E-state index in [1.54, 1.807) is 18.2 Å². The van der Waals surface area contributed by atoms with Gasteiger partial charge in [0.2, 0.25) is 0 Å². The fourth-order valence-electron chi connectivity index (χ4n) is 4.85. The van der Waals surface area contributed by atoms with E-state index in [-0.39, 0.29) is 19.1 Å². The molecular weight excluding hydrogens is 520 g/mol. The fourth-order valence-corrected chi connectivity index (χ4v) is 5.20. The number of halogens is 2. The number of nitrogens with one attached hydrogen (secondary N) is 1. The van der Waals surface area contributed by atoms with Gasteiger partial charge < -0.3 is 19.4 Å². The Hall–Kier alpha value is -2.77. The average molecular weight is 550 g/mol. The van der Waals surface area contributed by atoms with Crippen LogP contribution in [-0.2, 0) is 14.0 Å². The van der Waals surface area contributed by atoms with Gasteiger partial charge in [-0.3, -0.25) is 0 Å². The number of hydrogen-bond acceptors (Lipinski definition) is 4. The first-order chi connectivity index (χ1) is 18.1. The molecule has 3 aromatic rings. The van der Waals surface area contributed by atoms with Crippen LogP contribution in [0.25, 0.3) is 17.2 Å². The van der Waals surface area contributed by atoms with Crippen molar-refractivity contribution in [1.82, 2.24) is 5.32 Å². The normalized spacial score (nSPS) is 17.7. The van der Waals surface area contributed by atoms with E-state index < -0.39 is 24.4 Å². The lowest BCUT2D eigenvalue weighted by atomic mass is 9.77. The molecule has 38 heavy (non-hydrogen) atoms. The Balaban J connectivity index is 1.31. The molecule has 0 aromatic heterocycles. The second kappa shape index (κ2) is 10.4. The van der Waals surface area contributed by atoms with Crippen molar-refractivity contribution in [3.05, 3.63) is 98.9 Å². The molecule has 1 fully saturated rings. The first kappa shape index (κ1) is 26.8. The number of carbonyl (C=O) groups is 1. The molecule has 0 bridgehead atoms. The number of amides is 1. The molecule has 196 valence electrons. The molecule has 1 N–H and O–H groups in total. The zero-order chi connectivity index (χ0) is 27.1. The van der Waals surface area contributed by atoms with Crippen molar-refractivity contribution >= 4 is 42.5 Å². The van der Waals surface area contributed by atoms with Crippen molar-refractivity contribution in [3.8, 4) is 11.1 Å². The number of rotatable bonds is 6. The molecule has 5 rings (SSSR count). The molecule has 1 saturated heterocycles. The third-order valence-corrected chi connectivity index (χ3v) is 8.21. The molecular formula is C30H30BCl2NO4. The van der Waals surface area contributed by atoms with Crippen LogP contribution in [0, 0.1) is 0 Å². The summed E-state index contributed by atoms with van der Waals surface area (Å²) >= 11 is 12.6. The van der Waals surface area contributed by atoms with Gasteiger partial charge in [-0.1, -0.05) is 77.8 Å². The first-order valence-corrected chi connectivity index (χ1v) is 13.4. The maximum Gasteiger partial charge on any atom is 0.492 e. The first-order valence-electron chi connectivity index (χ1n) is 12.7. The molecule has 0 atom stereocenters. The van der Waals surface area contributed by atoms with E-state index in [0.717, 1.165) is 11.1 Å². The predicted molar refractivity (Wildman–Crippen MR) is 154 cm³/mol. The molecule has 0 saturated carbocycles. The summed E-state index contributed by atoms with van der Waals surface area (Å²) in [5.41, 5.74) is 5.00. The maximum absolute atomic E-state index is 12.9. The van der Waals surface area contributed by atoms with Crippen molar-refractivity contribution in [2.45, 2.75) is 44.8 Å². The summed E-state index contributed by atoms with van der Waals surface area (Å²) in [7, 11) is -0.677. The summed E-state index contributed by atoms with van der Waals surface area (Å²) in [6.45, 7) is 8.31. The number of alkyl carbamates (subject to hydrolysis) is 1. The Bertz CT molecular complexity index is 1340. The van der Waals surface area contributed by atoms with Gasteiger partial charge in [0.25, 0.3) is 0 Å². The predicted octanol–water partition coefficient (Wildman–Crippen LogP) is 7.55. The lowest BCUT2D eigenvalue weighted by Crippen LogP contribution is -2.41. The quantitative estimate of drug-likeness (QED) is 0.322. The van der Waals surface area contributed by atoms with Crippen molar-refractivity contribution in [2.24, 2.45) is 0 Å². The highest BCUT2D eigenvalue weighted by molar-refractivity contribution is 6.56. The Morgan fingerprint density at radius 3 is 2.13 bits per heavy atom. The van der Waals surface area contributed by atoms with E-state index in [2.05, 4.69) is 29.6 Å². The molecule has 8 heteroatoms. The number of benzene rings is 3. The molecule has 0 radical (unpaired) electrons. The van der Waals surface area contributed by atoms with Crippen molar-refractivity contribution in [1.29, 1.82) is 0 Å². The van der Waals surface area contributed by atoms with E-state index in [1.807, 2.05) is 58.0 Å². The summed E-state index contributed by atoms with van der Waals surface area (Å²) in [4.78, 5) is 12.9. The highest BCUT2D eigenvalue weighted by Gasteiger charge is 2.52. The van der Waals surface area contributed by atoms with Crippen molar-refractivity contribution in [3.63, 3.8) is 0 Å². The highest BCUT2D eigenvalue weighted by atomic mass is 35.5. The minimum absolute atomic E-state index is 0.0171. The highest BCUT2D eigenvalue weighted by Crippen LogP contribution is 2.44. The second-order valence-electron chi connectivity index (χ2n) is 10.7. The number of carbonyl (C=O) groups excluding carboxylic acids is 1. The van der Waals surface area contributed by atoms with E-state index in [4.69, 9.17) is 37.2 Å². The van der Waals surface area contributed by atoms with Gasteiger partial charge in [0.15, 0.2) is 0 Å². The van der Waals surface area contributed by atoms with Crippen LogP contribution in [0.5, 0.6) is 0 Å². The minimum Gasteiger partial charge on any atom is -0.449 e. The van der Waals surface area contributed by atoms with Gasteiger partial charge >= 0.3 is 13.2 Å². The summed E-state index contributed by atoms with van der Waals surface area (Å²) in [5, 5.41) is 3.96. The molecule has 0 spiro atoms. The molecule has 3 aromatic carbocycles. The third kappa shape index (κ3) is 5.23. The van der Waals surface area contributed by atoms with Gasteiger partial charge in [0.1, 0.15) is 6.61 Å². The van der Waals surface area contributed by atoms with Gasteiger partial charge in [-0.05, 0) is 79.2 Å². The minimum atomic E-state index is -0.677. The zero-order valence-electron chi connectivity index (χ0n) is 21.9. The van der Waals surface area contributed by atoms with Crippen LogP contribution in [0.4, 0.5) is 4.79 Å². The van der Waals surface area contributed by atoms with Gasteiger partial charge in [-0.25, -0.2) is 4.79 Å². The maximum atomic E-state index is 12.9. The number of ether oxygens (including phenoxy) is 1. The van der Waals surface area contributed by atoms with Gasteiger partial charge in [-0.15, -0.1) is 0 Å². The molecule has 1 amide bonds. The van der Waals surface area contributed by atoms with Crippen LogP contribution in [0.3, 0.4) is 0 Å². The van der Waals surface area contributed by atoms with Gasteiger partial charge in [-0.2, -0.15) is 0 Å². The Morgan fingerprint density at radius 2 is 1.53 bits per heavy atom. The third-order valence-electron chi connectivity index (χ3n) is 7.64. The fraction of sp³-hybridized carbons (Fsp3) is 0.300. The number of fused-ring (bicyclic) bond motifs is 3. The summed E-state index contributed by atoms with van der Waals surface area (Å²) in [6.07, 6.45) is 1.33. The zero-order valence-corrected chi connectivity index (χ0v) is 23.4. The van der Waals surface area contributed by atoms with E-state index in [1.165, 1.54) is 11.1 Å². The van der Waals surface area contributed by atoms with E-state index in [9.17, 15) is 4.79 Å². The molecule has 1 heterocycles. The summed E-state index contributed by atoms with van der Waals surface area (Å²) < 4.78 is 18.2.